The van der Waals surface area contributed by atoms with Crippen molar-refractivity contribution in [2.75, 3.05) is 13.2 Å². The molecule has 30 heavy (non-hydrogen) atoms. The molecule has 1 saturated heterocycles. The van der Waals surface area contributed by atoms with E-state index in [4.69, 9.17) is 9.73 Å². The lowest BCUT2D eigenvalue weighted by atomic mass is 10.1. The van der Waals surface area contributed by atoms with E-state index in [0.717, 1.165) is 74.6 Å². The average Bonchev–Trinajstić information content (AvgIpc) is 3.46. The number of hydrogen-bond donors (Lipinski definition) is 2. The van der Waals surface area contributed by atoms with Crippen molar-refractivity contribution >= 4 is 5.96 Å². The van der Waals surface area contributed by atoms with Crippen LogP contribution in [0.5, 0.6) is 0 Å². The van der Waals surface area contributed by atoms with E-state index in [1.54, 1.807) is 0 Å². The number of hydrogen-bond acceptors (Lipinski definition) is 6. The van der Waals surface area contributed by atoms with Crippen LogP contribution in [0.2, 0.25) is 0 Å². The van der Waals surface area contributed by atoms with Crippen LogP contribution in [-0.4, -0.2) is 60.8 Å². The van der Waals surface area contributed by atoms with Crippen molar-refractivity contribution < 1.29 is 4.74 Å². The van der Waals surface area contributed by atoms with Crippen LogP contribution in [0.3, 0.4) is 0 Å². The average molecular weight is 416 g/mol. The van der Waals surface area contributed by atoms with E-state index < -0.39 is 0 Å². The summed E-state index contributed by atoms with van der Waals surface area (Å²) in [4.78, 5) is 9.47. The summed E-state index contributed by atoms with van der Waals surface area (Å²) in [5.74, 6) is 4.85. The summed E-state index contributed by atoms with van der Waals surface area (Å²) in [5, 5.41) is 20.1. The van der Waals surface area contributed by atoms with Gasteiger partial charge in [0.2, 0.25) is 0 Å². The van der Waals surface area contributed by atoms with Crippen molar-refractivity contribution in [2.45, 2.75) is 77.6 Å². The molecule has 0 bridgehead atoms. The molecule has 0 radical (unpaired) electrons. The minimum absolute atomic E-state index is 0.246. The van der Waals surface area contributed by atoms with E-state index >= 15 is 0 Å². The lowest BCUT2D eigenvalue weighted by molar-refractivity contribution is 0.113. The zero-order chi connectivity index (χ0) is 21.1. The molecule has 10 nitrogen and oxygen atoms in total. The summed E-state index contributed by atoms with van der Waals surface area (Å²) in [6.07, 6.45) is 4.38. The van der Waals surface area contributed by atoms with Gasteiger partial charge in [0.15, 0.2) is 17.6 Å². The standard InChI is InChI=1S/C20H33N9O/c1-13(2)19-24-17-8-7-15(12-29(17)27-19)23-20(21-10-16-6-5-9-30-16)22-11-18-26-25-14(3)28(18)4/h13,15-16H,5-12H2,1-4H3,(H2,21,22,23). The lowest BCUT2D eigenvalue weighted by Crippen LogP contribution is -2.48. The highest BCUT2D eigenvalue weighted by molar-refractivity contribution is 5.80. The summed E-state index contributed by atoms with van der Waals surface area (Å²) in [6.45, 7) is 9.06. The lowest BCUT2D eigenvalue weighted by Gasteiger charge is -2.26. The molecule has 2 atom stereocenters. The monoisotopic (exact) mass is 415 g/mol. The van der Waals surface area contributed by atoms with Gasteiger partial charge in [-0.05, 0) is 26.2 Å². The van der Waals surface area contributed by atoms with Crippen LogP contribution in [0.25, 0.3) is 0 Å². The van der Waals surface area contributed by atoms with Crippen LogP contribution in [0.15, 0.2) is 4.99 Å². The quantitative estimate of drug-likeness (QED) is 0.537. The fourth-order valence-electron chi connectivity index (χ4n) is 3.79. The number of ether oxygens (including phenoxy) is 1. The zero-order valence-electron chi connectivity index (χ0n) is 18.4. The van der Waals surface area contributed by atoms with Gasteiger partial charge in [0.05, 0.1) is 12.6 Å². The normalized spacial score (nSPS) is 21.8. The number of rotatable bonds is 6. The highest BCUT2D eigenvalue weighted by atomic mass is 16.5. The number of nitrogens with one attached hydrogen (secondary N) is 2. The molecular formula is C20H33N9O. The molecule has 2 aromatic rings. The van der Waals surface area contributed by atoms with Gasteiger partial charge in [-0.15, -0.1) is 10.2 Å². The van der Waals surface area contributed by atoms with Crippen molar-refractivity contribution in [3.05, 3.63) is 23.3 Å². The fourth-order valence-corrected chi connectivity index (χ4v) is 3.79. The second-order valence-corrected chi connectivity index (χ2v) is 8.51. The smallest absolute Gasteiger partial charge is 0.192 e. The Labute approximate surface area is 177 Å². The largest absolute Gasteiger partial charge is 0.376 e. The van der Waals surface area contributed by atoms with Crippen LogP contribution < -0.4 is 10.6 Å². The predicted octanol–water partition coefficient (Wildman–Crippen LogP) is 1.07. The Morgan fingerprint density at radius 1 is 1.30 bits per heavy atom. The Morgan fingerprint density at radius 3 is 2.87 bits per heavy atom. The molecule has 2 unspecified atom stereocenters. The first kappa shape index (κ1) is 20.8. The third kappa shape index (κ3) is 4.80. The van der Waals surface area contributed by atoms with Gasteiger partial charge in [-0.1, -0.05) is 13.8 Å². The molecule has 0 saturated carbocycles. The summed E-state index contributed by atoms with van der Waals surface area (Å²) in [5.41, 5.74) is 0. The molecule has 2 aliphatic heterocycles. The van der Waals surface area contributed by atoms with Crippen LogP contribution in [0.1, 0.15) is 62.3 Å². The van der Waals surface area contributed by atoms with E-state index in [0.29, 0.717) is 12.5 Å². The van der Waals surface area contributed by atoms with Crippen molar-refractivity contribution in [1.82, 2.24) is 40.2 Å². The van der Waals surface area contributed by atoms with Gasteiger partial charge in [0, 0.05) is 38.6 Å². The third-order valence-electron chi connectivity index (χ3n) is 5.81. The van der Waals surface area contributed by atoms with Crippen LogP contribution in [0.4, 0.5) is 0 Å². The maximum Gasteiger partial charge on any atom is 0.192 e. The molecule has 4 rings (SSSR count). The highest BCUT2D eigenvalue weighted by Crippen LogP contribution is 2.17. The topological polar surface area (TPSA) is 107 Å². The Morgan fingerprint density at radius 2 is 2.17 bits per heavy atom. The van der Waals surface area contributed by atoms with E-state index in [-0.39, 0.29) is 12.1 Å². The van der Waals surface area contributed by atoms with Gasteiger partial charge < -0.3 is 19.9 Å². The first-order valence-electron chi connectivity index (χ1n) is 10.9. The fraction of sp³-hybridized carbons (Fsp3) is 0.750. The van der Waals surface area contributed by atoms with Crippen molar-refractivity contribution in [3.8, 4) is 0 Å². The zero-order valence-corrected chi connectivity index (χ0v) is 18.4. The van der Waals surface area contributed by atoms with Gasteiger partial charge in [-0.3, -0.25) is 0 Å². The van der Waals surface area contributed by atoms with Crippen molar-refractivity contribution in [2.24, 2.45) is 12.0 Å². The van der Waals surface area contributed by atoms with Crippen LogP contribution in [-0.2, 0) is 31.3 Å². The number of aromatic nitrogens is 6. The maximum atomic E-state index is 5.76. The molecule has 10 heteroatoms. The van der Waals surface area contributed by atoms with E-state index in [1.165, 1.54) is 0 Å². The van der Waals surface area contributed by atoms with Gasteiger partial charge >= 0.3 is 0 Å². The molecule has 164 valence electrons. The molecule has 0 amide bonds. The van der Waals surface area contributed by atoms with E-state index in [2.05, 4.69) is 44.8 Å². The first-order chi connectivity index (χ1) is 14.5. The van der Waals surface area contributed by atoms with Gasteiger partial charge in [-0.25, -0.2) is 14.7 Å². The van der Waals surface area contributed by atoms with Crippen LogP contribution >= 0.6 is 0 Å². The van der Waals surface area contributed by atoms with Gasteiger partial charge in [0.1, 0.15) is 18.2 Å². The minimum Gasteiger partial charge on any atom is -0.376 e. The molecule has 2 aliphatic rings. The predicted molar refractivity (Wildman–Crippen MR) is 113 cm³/mol. The van der Waals surface area contributed by atoms with E-state index in [9.17, 15) is 0 Å². The number of nitrogens with zero attached hydrogens (tertiary/aromatic N) is 7. The summed E-state index contributed by atoms with van der Waals surface area (Å²) < 4.78 is 9.77. The molecule has 2 N–H and O–H groups in total. The Bertz CT molecular complexity index is 879. The van der Waals surface area contributed by atoms with Gasteiger partial charge in [0.25, 0.3) is 0 Å². The molecule has 2 aromatic heterocycles. The third-order valence-corrected chi connectivity index (χ3v) is 5.81. The second-order valence-electron chi connectivity index (χ2n) is 8.51. The number of fused-ring (bicyclic) bond motifs is 1. The molecule has 1 fully saturated rings. The molecule has 4 heterocycles. The number of guanidine groups is 1. The second kappa shape index (κ2) is 9.11. The molecule has 0 aliphatic carbocycles. The Hall–Kier alpha value is -2.49. The Balaban J connectivity index is 1.43. The van der Waals surface area contributed by atoms with Crippen LogP contribution in [0, 0.1) is 6.92 Å². The molecular weight excluding hydrogens is 382 g/mol. The minimum atomic E-state index is 0.246. The summed E-state index contributed by atoms with van der Waals surface area (Å²) in [6, 6.07) is 0.246. The van der Waals surface area contributed by atoms with Crippen molar-refractivity contribution in [1.29, 1.82) is 0 Å². The number of aryl methyl sites for hydroxylation is 2. The first-order valence-corrected chi connectivity index (χ1v) is 10.9. The molecule has 0 aromatic carbocycles. The highest BCUT2D eigenvalue weighted by Gasteiger charge is 2.24. The van der Waals surface area contributed by atoms with Crippen molar-refractivity contribution in [3.63, 3.8) is 0 Å². The number of aliphatic imine (C=N–C) groups is 1. The summed E-state index contributed by atoms with van der Waals surface area (Å²) >= 11 is 0. The summed E-state index contributed by atoms with van der Waals surface area (Å²) in [7, 11) is 1.97. The maximum absolute atomic E-state index is 5.76. The van der Waals surface area contributed by atoms with Gasteiger partial charge in [-0.2, -0.15) is 5.10 Å². The SMILES string of the molecule is Cc1nnc(CN=C(NCC2CCCO2)NC2CCc3nc(C(C)C)nn3C2)n1C. The molecule has 0 spiro atoms. The Kier molecular flexibility index (Phi) is 6.31. The van der Waals surface area contributed by atoms with E-state index in [1.807, 2.05) is 23.2 Å².